The van der Waals surface area contributed by atoms with E-state index < -0.39 is 0 Å². The van der Waals surface area contributed by atoms with Crippen molar-refractivity contribution in [2.45, 2.75) is 19.8 Å². The molecule has 0 spiro atoms. The number of para-hydroxylation sites is 2. The number of aryl methyl sites for hydroxylation is 1. The molecule has 33 heavy (non-hydrogen) atoms. The summed E-state index contributed by atoms with van der Waals surface area (Å²) in [6.45, 7) is 9.89. The highest BCUT2D eigenvalue weighted by atomic mass is 16.5. The van der Waals surface area contributed by atoms with E-state index in [0.717, 1.165) is 66.2 Å². The van der Waals surface area contributed by atoms with Crippen LogP contribution in [-0.2, 0) is 9.53 Å². The summed E-state index contributed by atoms with van der Waals surface area (Å²) < 4.78 is 11.7. The number of ether oxygens (including phenoxy) is 2. The molecule has 1 fully saturated rings. The molecule has 0 amide bonds. The van der Waals surface area contributed by atoms with E-state index >= 15 is 0 Å². The molecule has 0 radical (unpaired) electrons. The molecule has 1 aromatic heterocycles. The molecule has 0 aliphatic carbocycles. The Morgan fingerprint density at radius 2 is 1.76 bits per heavy atom. The number of hydrogen-bond donors (Lipinski definition) is 1. The van der Waals surface area contributed by atoms with Crippen molar-refractivity contribution in [2.75, 3.05) is 46.4 Å². The summed E-state index contributed by atoms with van der Waals surface area (Å²) in [6, 6.07) is 16.3. The van der Waals surface area contributed by atoms with Crippen LogP contribution >= 0.6 is 0 Å². The maximum absolute atomic E-state index is 13.3. The zero-order valence-corrected chi connectivity index (χ0v) is 19.6. The van der Waals surface area contributed by atoms with Crippen molar-refractivity contribution in [3.63, 3.8) is 0 Å². The molecular weight excluding hydrogens is 414 g/mol. The van der Waals surface area contributed by atoms with Gasteiger partial charge in [0.15, 0.2) is 0 Å². The number of hydrogen-bond acceptors (Lipinski definition) is 5. The van der Waals surface area contributed by atoms with Crippen LogP contribution in [0.4, 0.5) is 0 Å². The maximum atomic E-state index is 13.3. The second-order valence-corrected chi connectivity index (χ2v) is 8.82. The van der Waals surface area contributed by atoms with Crippen LogP contribution in [0.3, 0.4) is 0 Å². The zero-order chi connectivity index (χ0) is 22.9. The first-order valence-electron chi connectivity index (χ1n) is 11.7. The molecule has 2 aliphatic rings. The van der Waals surface area contributed by atoms with Crippen molar-refractivity contribution in [3.8, 4) is 5.75 Å². The predicted octanol–water partition coefficient (Wildman–Crippen LogP) is 4.07. The first-order valence-corrected chi connectivity index (χ1v) is 11.7. The first kappa shape index (κ1) is 21.7. The molecule has 5 rings (SSSR count). The third-order valence-corrected chi connectivity index (χ3v) is 6.97. The molecular formula is C27H31N3O3. The molecule has 0 saturated carbocycles. The van der Waals surface area contributed by atoms with Crippen LogP contribution in [-0.4, -0.2) is 67.1 Å². The lowest BCUT2D eigenvalue weighted by molar-refractivity contribution is -0.136. The zero-order valence-electron chi connectivity index (χ0n) is 19.6. The molecule has 2 aliphatic heterocycles. The summed E-state index contributed by atoms with van der Waals surface area (Å²) in [4.78, 5) is 21.6. The van der Waals surface area contributed by atoms with Gasteiger partial charge >= 0.3 is 5.97 Å². The fraction of sp³-hybridized carbons (Fsp3) is 0.370. The molecule has 3 heterocycles. The average molecular weight is 446 g/mol. The number of H-pyrrole nitrogens is 1. The Bertz CT molecular complexity index is 1200. The molecule has 1 N–H and O–H groups in total. The molecule has 172 valence electrons. The number of nitrogens with zero attached hydrogens (tertiary/aromatic N) is 2. The van der Waals surface area contributed by atoms with Crippen LogP contribution in [0.1, 0.15) is 29.7 Å². The van der Waals surface area contributed by atoms with Crippen molar-refractivity contribution < 1.29 is 14.3 Å². The largest absolute Gasteiger partial charge is 0.466 e. The van der Waals surface area contributed by atoms with E-state index in [0.29, 0.717) is 17.9 Å². The van der Waals surface area contributed by atoms with E-state index in [4.69, 9.17) is 9.47 Å². The summed E-state index contributed by atoms with van der Waals surface area (Å²) in [5, 5.41) is 1.12. The number of esters is 1. The molecule has 2 aromatic carbocycles. The van der Waals surface area contributed by atoms with Gasteiger partial charge < -0.3 is 19.4 Å². The van der Waals surface area contributed by atoms with E-state index in [1.807, 2.05) is 30.3 Å². The second kappa shape index (κ2) is 9.04. The first-order chi connectivity index (χ1) is 16.1. The number of piperazine rings is 1. The Kier molecular flexibility index (Phi) is 5.96. The summed E-state index contributed by atoms with van der Waals surface area (Å²) in [7, 11) is 1.45. The van der Waals surface area contributed by atoms with Crippen LogP contribution in [0.5, 0.6) is 5.75 Å². The van der Waals surface area contributed by atoms with Crippen molar-refractivity contribution in [1.29, 1.82) is 0 Å². The lowest BCUT2D eigenvalue weighted by Crippen LogP contribution is -2.47. The van der Waals surface area contributed by atoms with Gasteiger partial charge in [0, 0.05) is 48.3 Å². The van der Waals surface area contributed by atoms with Gasteiger partial charge in [-0.15, -0.1) is 0 Å². The van der Waals surface area contributed by atoms with Crippen molar-refractivity contribution in [3.05, 3.63) is 76.7 Å². The van der Waals surface area contributed by atoms with Crippen LogP contribution in [0, 0.1) is 6.92 Å². The fourth-order valence-electron chi connectivity index (χ4n) is 5.21. The Labute approximate surface area is 194 Å². The summed E-state index contributed by atoms with van der Waals surface area (Å²) in [5.41, 5.74) is 4.81. The lowest BCUT2D eigenvalue weighted by atomic mass is 9.80. The Morgan fingerprint density at radius 1 is 1.06 bits per heavy atom. The quantitative estimate of drug-likeness (QED) is 0.600. The topological polar surface area (TPSA) is 57.8 Å². The van der Waals surface area contributed by atoms with Crippen molar-refractivity contribution >= 4 is 16.9 Å². The minimum atomic E-state index is -0.332. The third-order valence-electron chi connectivity index (χ3n) is 6.97. The van der Waals surface area contributed by atoms with Gasteiger partial charge in [0.05, 0.1) is 25.1 Å². The van der Waals surface area contributed by atoms with Gasteiger partial charge in [0.25, 0.3) is 0 Å². The standard InChI is InChI=1S/C27H31N3O3/c1-4-29-13-15-30(16-14-29)17-23-26(27(31)32-3)25(20-10-6-8-12-22(20)33-23)24-18(2)28-21-11-7-5-9-19(21)24/h5-12,25,28H,4,13-17H2,1-3H3. The Morgan fingerprint density at radius 3 is 2.52 bits per heavy atom. The SMILES string of the molecule is CCN1CCN(CC2=C(C(=O)OC)C(c3c(C)[nH]c4ccccc34)c3ccccc3O2)CC1. The molecule has 6 nitrogen and oxygen atoms in total. The normalized spacial score (nSPS) is 19.4. The summed E-state index contributed by atoms with van der Waals surface area (Å²) in [6.07, 6.45) is 0. The van der Waals surface area contributed by atoms with Crippen molar-refractivity contribution in [1.82, 2.24) is 14.8 Å². The number of aromatic amines is 1. The van der Waals surface area contributed by atoms with E-state index in [9.17, 15) is 4.79 Å². The van der Waals surface area contributed by atoms with Crippen LogP contribution < -0.4 is 4.74 Å². The van der Waals surface area contributed by atoms with E-state index in [-0.39, 0.29) is 11.9 Å². The average Bonchev–Trinajstić information content (AvgIpc) is 3.18. The van der Waals surface area contributed by atoms with Crippen molar-refractivity contribution in [2.24, 2.45) is 0 Å². The molecule has 1 unspecified atom stereocenters. The molecule has 3 aromatic rings. The fourth-order valence-corrected chi connectivity index (χ4v) is 5.21. The highest BCUT2D eigenvalue weighted by Crippen LogP contribution is 2.46. The molecule has 1 saturated heterocycles. The molecule has 6 heteroatoms. The summed E-state index contributed by atoms with van der Waals surface area (Å²) >= 11 is 0. The summed E-state index contributed by atoms with van der Waals surface area (Å²) in [5.74, 6) is 0.911. The van der Waals surface area contributed by atoms with Gasteiger partial charge in [-0.25, -0.2) is 4.79 Å². The number of methoxy groups -OCH3 is 1. The maximum Gasteiger partial charge on any atom is 0.338 e. The van der Waals surface area contributed by atoms with Crippen LogP contribution in [0.15, 0.2) is 59.9 Å². The van der Waals surface area contributed by atoms with Gasteiger partial charge in [-0.2, -0.15) is 0 Å². The lowest BCUT2D eigenvalue weighted by Gasteiger charge is -2.36. The second-order valence-electron chi connectivity index (χ2n) is 8.82. The number of aromatic nitrogens is 1. The number of nitrogens with one attached hydrogen (secondary N) is 1. The smallest absolute Gasteiger partial charge is 0.338 e. The number of benzene rings is 2. The van der Waals surface area contributed by atoms with Gasteiger partial charge in [-0.3, -0.25) is 4.90 Å². The minimum Gasteiger partial charge on any atom is -0.466 e. The third kappa shape index (κ3) is 3.94. The number of rotatable bonds is 5. The van der Waals surface area contributed by atoms with E-state index in [1.165, 1.54) is 7.11 Å². The van der Waals surface area contributed by atoms with Crippen LogP contribution in [0.2, 0.25) is 0 Å². The Hall–Kier alpha value is -3.09. The van der Waals surface area contributed by atoms with E-state index in [2.05, 4.69) is 46.8 Å². The molecule has 1 atom stereocenters. The highest BCUT2D eigenvalue weighted by molar-refractivity contribution is 5.96. The monoisotopic (exact) mass is 445 g/mol. The Balaban J connectivity index is 1.64. The van der Waals surface area contributed by atoms with E-state index in [1.54, 1.807) is 0 Å². The van der Waals surface area contributed by atoms with Gasteiger partial charge in [-0.1, -0.05) is 43.3 Å². The number of carbonyl (C=O) groups excluding carboxylic acids is 1. The van der Waals surface area contributed by atoms with Gasteiger partial charge in [0.1, 0.15) is 11.5 Å². The number of likely N-dealkylation sites (N-methyl/N-ethyl adjacent to an activating group) is 1. The van der Waals surface area contributed by atoms with Crippen LogP contribution in [0.25, 0.3) is 10.9 Å². The number of carbonyl (C=O) groups is 1. The highest BCUT2D eigenvalue weighted by Gasteiger charge is 2.38. The number of fused-ring (bicyclic) bond motifs is 2. The molecule has 0 bridgehead atoms. The van der Waals surface area contributed by atoms with Gasteiger partial charge in [-0.05, 0) is 31.2 Å². The predicted molar refractivity (Wildman–Crippen MR) is 130 cm³/mol. The van der Waals surface area contributed by atoms with Gasteiger partial charge in [0.2, 0.25) is 0 Å². The minimum absolute atomic E-state index is 0.259.